The summed E-state index contributed by atoms with van der Waals surface area (Å²) in [6, 6.07) is 3.72. The summed E-state index contributed by atoms with van der Waals surface area (Å²) in [5.41, 5.74) is 1.19. The molecule has 1 N–H and O–H groups in total. The Morgan fingerprint density at radius 2 is 2.26 bits per heavy atom. The van der Waals surface area contributed by atoms with E-state index < -0.39 is 10.8 Å². The zero-order chi connectivity index (χ0) is 16.8. The molecular weight excluding hydrogens is 310 g/mol. The third-order valence-corrected chi connectivity index (χ3v) is 5.53. The zero-order valence-electron chi connectivity index (χ0n) is 14.2. The van der Waals surface area contributed by atoms with Crippen LogP contribution in [-0.2, 0) is 17.2 Å². The van der Waals surface area contributed by atoms with Gasteiger partial charge in [-0.05, 0) is 36.3 Å². The Bertz CT molecular complexity index is 545. The highest BCUT2D eigenvalue weighted by Crippen LogP contribution is 2.13. The van der Waals surface area contributed by atoms with E-state index in [0.717, 1.165) is 12.8 Å². The Morgan fingerprint density at radius 1 is 1.48 bits per heavy atom. The number of urea groups is 1. The Kier molecular flexibility index (Phi) is 6.57. The Morgan fingerprint density at radius 3 is 2.91 bits per heavy atom. The van der Waals surface area contributed by atoms with Gasteiger partial charge in [0.05, 0.1) is 0 Å². The second-order valence-electron chi connectivity index (χ2n) is 6.78. The Labute approximate surface area is 141 Å². The van der Waals surface area contributed by atoms with Crippen LogP contribution >= 0.6 is 0 Å². The quantitative estimate of drug-likeness (QED) is 0.919. The number of pyridine rings is 1. The van der Waals surface area contributed by atoms with Gasteiger partial charge in [0.15, 0.2) is 0 Å². The summed E-state index contributed by atoms with van der Waals surface area (Å²) in [4.78, 5) is 18.4. The van der Waals surface area contributed by atoms with Crippen LogP contribution in [0.3, 0.4) is 0 Å². The van der Waals surface area contributed by atoms with E-state index in [-0.39, 0.29) is 11.9 Å². The van der Waals surface area contributed by atoms with Crippen LogP contribution < -0.4 is 5.32 Å². The predicted molar refractivity (Wildman–Crippen MR) is 95.0 cm³/mol. The van der Waals surface area contributed by atoms with Gasteiger partial charge in [-0.2, -0.15) is 0 Å². The molecule has 1 aromatic rings. The van der Waals surface area contributed by atoms with E-state index in [4.69, 9.17) is 0 Å². The van der Waals surface area contributed by atoms with E-state index in [1.54, 1.807) is 4.90 Å². The lowest BCUT2D eigenvalue weighted by molar-refractivity contribution is 0.209. The van der Waals surface area contributed by atoms with Crippen molar-refractivity contribution in [2.45, 2.75) is 33.6 Å². The molecule has 0 spiro atoms. The predicted octanol–water partition coefficient (Wildman–Crippen LogP) is 2.90. The summed E-state index contributed by atoms with van der Waals surface area (Å²) >= 11 is 0. The van der Waals surface area contributed by atoms with Crippen LogP contribution in [-0.4, -0.2) is 44.7 Å². The summed E-state index contributed by atoms with van der Waals surface area (Å²) in [6.45, 7) is 7.62. The molecule has 0 saturated carbocycles. The normalized spacial score (nSPS) is 22.0. The van der Waals surface area contributed by atoms with Crippen LogP contribution in [0.5, 0.6) is 0 Å². The average Bonchev–Trinajstić information content (AvgIpc) is 2.67. The number of anilines is 1. The van der Waals surface area contributed by atoms with Gasteiger partial charge in [0.1, 0.15) is 5.82 Å². The standard InChI is InChI=1S/C17H27N3O2S/c1-13(2)4-5-15-6-7-16(18-10-15)19-17(21)20-8-9-23(22)12-14(3)11-20/h6-7,10,13-14H,4-5,8-9,11-12H2,1-3H3,(H,18,19,21). The molecule has 5 nitrogen and oxygen atoms in total. The maximum absolute atomic E-state index is 12.3. The maximum atomic E-state index is 12.3. The molecule has 0 aliphatic carbocycles. The molecule has 23 heavy (non-hydrogen) atoms. The fourth-order valence-electron chi connectivity index (χ4n) is 2.61. The third-order valence-electron chi connectivity index (χ3n) is 3.95. The Hall–Kier alpha value is -1.43. The summed E-state index contributed by atoms with van der Waals surface area (Å²) < 4.78 is 11.7. The molecule has 1 aliphatic rings. The molecular formula is C17H27N3O2S. The molecule has 0 bridgehead atoms. The largest absolute Gasteiger partial charge is 0.323 e. The van der Waals surface area contributed by atoms with Gasteiger partial charge in [-0.3, -0.25) is 9.53 Å². The SMILES string of the molecule is CC(C)CCc1ccc(NC(=O)N2CCS(=O)CC(C)C2)nc1. The Balaban J connectivity index is 1.90. The van der Waals surface area contributed by atoms with Gasteiger partial charge in [0.25, 0.3) is 0 Å². The summed E-state index contributed by atoms with van der Waals surface area (Å²) in [6.07, 6.45) is 3.97. The number of amides is 2. The summed E-state index contributed by atoms with van der Waals surface area (Å²) in [5.74, 6) is 2.73. The highest BCUT2D eigenvalue weighted by Gasteiger charge is 2.22. The average molecular weight is 337 g/mol. The first-order chi connectivity index (χ1) is 10.9. The van der Waals surface area contributed by atoms with Gasteiger partial charge < -0.3 is 4.90 Å². The number of carbonyl (C=O) groups excluding carboxylic acids is 1. The first-order valence-electron chi connectivity index (χ1n) is 8.30. The van der Waals surface area contributed by atoms with Crippen molar-refractivity contribution in [1.82, 2.24) is 9.88 Å². The van der Waals surface area contributed by atoms with Crippen molar-refractivity contribution >= 4 is 22.6 Å². The monoisotopic (exact) mass is 337 g/mol. The van der Waals surface area contributed by atoms with Crippen LogP contribution in [0.4, 0.5) is 10.6 Å². The van der Waals surface area contributed by atoms with Crippen LogP contribution in [0.25, 0.3) is 0 Å². The molecule has 2 amide bonds. The molecule has 2 heterocycles. The van der Waals surface area contributed by atoms with E-state index in [0.29, 0.717) is 36.3 Å². The van der Waals surface area contributed by atoms with E-state index >= 15 is 0 Å². The van der Waals surface area contributed by atoms with E-state index in [2.05, 4.69) is 24.1 Å². The molecule has 2 unspecified atom stereocenters. The van der Waals surface area contributed by atoms with Crippen molar-refractivity contribution in [3.8, 4) is 0 Å². The van der Waals surface area contributed by atoms with Crippen molar-refractivity contribution in [2.24, 2.45) is 11.8 Å². The van der Waals surface area contributed by atoms with E-state index in [1.165, 1.54) is 5.56 Å². The van der Waals surface area contributed by atoms with Crippen molar-refractivity contribution in [3.63, 3.8) is 0 Å². The minimum Gasteiger partial charge on any atom is -0.323 e. The molecule has 128 valence electrons. The fourth-order valence-corrected chi connectivity index (χ4v) is 3.94. The van der Waals surface area contributed by atoms with E-state index in [9.17, 15) is 9.00 Å². The van der Waals surface area contributed by atoms with Gasteiger partial charge >= 0.3 is 6.03 Å². The smallest absolute Gasteiger partial charge is 0.323 e. The van der Waals surface area contributed by atoms with Crippen molar-refractivity contribution < 1.29 is 9.00 Å². The fraction of sp³-hybridized carbons (Fsp3) is 0.647. The number of aromatic nitrogens is 1. The number of aryl methyl sites for hydroxylation is 1. The lowest BCUT2D eigenvalue weighted by Gasteiger charge is -2.22. The van der Waals surface area contributed by atoms with Crippen molar-refractivity contribution in [3.05, 3.63) is 23.9 Å². The first-order valence-corrected chi connectivity index (χ1v) is 9.78. The summed E-state index contributed by atoms with van der Waals surface area (Å²) in [7, 11) is -0.818. The van der Waals surface area contributed by atoms with Crippen LogP contribution in [0.15, 0.2) is 18.3 Å². The molecule has 1 saturated heterocycles. The molecule has 2 rings (SSSR count). The lowest BCUT2D eigenvalue weighted by atomic mass is 10.0. The maximum Gasteiger partial charge on any atom is 0.323 e. The van der Waals surface area contributed by atoms with Gasteiger partial charge in [0, 0.05) is 41.6 Å². The number of hydrogen-bond acceptors (Lipinski definition) is 3. The van der Waals surface area contributed by atoms with Gasteiger partial charge in [0.2, 0.25) is 0 Å². The van der Waals surface area contributed by atoms with Gasteiger partial charge in [-0.1, -0.05) is 26.8 Å². The first kappa shape index (κ1) is 17.9. The second kappa shape index (κ2) is 8.43. The third kappa shape index (κ3) is 5.94. The highest BCUT2D eigenvalue weighted by atomic mass is 32.2. The van der Waals surface area contributed by atoms with Crippen LogP contribution in [0.2, 0.25) is 0 Å². The second-order valence-corrected chi connectivity index (χ2v) is 8.40. The van der Waals surface area contributed by atoms with Gasteiger partial charge in [-0.25, -0.2) is 9.78 Å². The molecule has 0 aromatic carbocycles. The van der Waals surface area contributed by atoms with Gasteiger partial charge in [-0.15, -0.1) is 0 Å². The molecule has 1 aromatic heterocycles. The highest BCUT2D eigenvalue weighted by molar-refractivity contribution is 7.85. The molecule has 2 atom stereocenters. The number of carbonyl (C=O) groups is 1. The summed E-state index contributed by atoms with van der Waals surface area (Å²) in [5, 5.41) is 2.84. The molecule has 0 radical (unpaired) electrons. The zero-order valence-corrected chi connectivity index (χ0v) is 15.1. The minimum atomic E-state index is -0.818. The molecule has 6 heteroatoms. The topological polar surface area (TPSA) is 62.3 Å². The van der Waals surface area contributed by atoms with Crippen LogP contribution in [0, 0.1) is 11.8 Å². The molecule has 1 aliphatic heterocycles. The minimum absolute atomic E-state index is 0.154. The van der Waals surface area contributed by atoms with Crippen molar-refractivity contribution in [1.29, 1.82) is 0 Å². The van der Waals surface area contributed by atoms with Crippen molar-refractivity contribution in [2.75, 3.05) is 29.9 Å². The van der Waals surface area contributed by atoms with Crippen LogP contribution in [0.1, 0.15) is 32.8 Å². The number of hydrogen-bond donors (Lipinski definition) is 1. The van der Waals surface area contributed by atoms with E-state index in [1.807, 2.05) is 25.3 Å². The number of nitrogens with one attached hydrogen (secondary N) is 1. The molecule has 1 fully saturated rings. The lowest BCUT2D eigenvalue weighted by Crippen LogP contribution is -2.38. The number of nitrogens with zero attached hydrogens (tertiary/aromatic N) is 2. The number of rotatable bonds is 4.